The van der Waals surface area contributed by atoms with E-state index in [1.54, 1.807) is 7.11 Å². The van der Waals surface area contributed by atoms with Gasteiger partial charge in [-0.15, -0.1) is 10.2 Å². The zero-order valence-electron chi connectivity index (χ0n) is 16.4. The molecule has 1 unspecified atom stereocenters. The van der Waals surface area contributed by atoms with E-state index in [0.717, 1.165) is 42.4 Å². The molecule has 0 radical (unpaired) electrons. The Kier molecular flexibility index (Phi) is 6.40. The monoisotopic (exact) mass is 470 g/mol. The van der Waals surface area contributed by atoms with Crippen molar-refractivity contribution in [2.45, 2.75) is 41.8 Å². The highest BCUT2D eigenvalue weighted by Gasteiger charge is 2.32. The van der Waals surface area contributed by atoms with E-state index in [4.69, 9.17) is 21.1 Å². The summed E-state index contributed by atoms with van der Waals surface area (Å²) in [6, 6.07) is 8.24. The van der Waals surface area contributed by atoms with Gasteiger partial charge < -0.3 is 9.47 Å². The normalized spacial score (nSPS) is 16.6. The SMILES string of the molecule is COc1ccc(-c2nnc(Sc3ncc(C(F)(F)F)cc3Cl)n2CC2CCCO2)cc1. The van der Waals surface area contributed by atoms with Crippen molar-refractivity contribution in [3.05, 3.63) is 47.1 Å². The molecule has 0 N–H and O–H groups in total. The number of methoxy groups -OCH3 is 1. The first-order chi connectivity index (χ1) is 14.8. The number of hydrogen-bond acceptors (Lipinski definition) is 6. The fourth-order valence-electron chi connectivity index (χ4n) is 3.22. The molecule has 0 saturated carbocycles. The van der Waals surface area contributed by atoms with Crippen LogP contribution in [0.4, 0.5) is 13.2 Å². The smallest absolute Gasteiger partial charge is 0.417 e. The molecule has 164 valence electrons. The zero-order chi connectivity index (χ0) is 22.0. The summed E-state index contributed by atoms with van der Waals surface area (Å²) in [6.45, 7) is 1.20. The number of nitrogens with zero attached hydrogens (tertiary/aromatic N) is 4. The Labute approximate surface area is 185 Å². The highest BCUT2D eigenvalue weighted by atomic mass is 35.5. The topological polar surface area (TPSA) is 62.1 Å². The molecular formula is C20H18ClF3N4O2S. The Hall–Kier alpha value is -2.30. The van der Waals surface area contributed by atoms with Gasteiger partial charge in [-0.25, -0.2) is 4.98 Å². The zero-order valence-corrected chi connectivity index (χ0v) is 18.0. The van der Waals surface area contributed by atoms with E-state index in [1.165, 1.54) is 0 Å². The van der Waals surface area contributed by atoms with Crippen molar-refractivity contribution in [1.82, 2.24) is 19.7 Å². The lowest BCUT2D eigenvalue weighted by molar-refractivity contribution is -0.137. The van der Waals surface area contributed by atoms with Crippen LogP contribution in [0, 0.1) is 0 Å². The third kappa shape index (κ3) is 4.97. The van der Waals surface area contributed by atoms with Gasteiger partial charge in [0.25, 0.3) is 0 Å². The molecule has 4 rings (SSSR count). The average Bonchev–Trinajstić information content (AvgIpc) is 3.40. The number of ether oxygens (including phenoxy) is 2. The molecule has 0 spiro atoms. The molecule has 1 aliphatic rings. The van der Waals surface area contributed by atoms with Gasteiger partial charge in [0.1, 0.15) is 10.8 Å². The molecule has 1 saturated heterocycles. The Bertz CT molecular complexity index is 1050. The number of aromatic nitrogens is 4. The van der Waals surface area contributed by atoms with E-state index in [1.807, 2.05) is 28.8 Å². The number of rotatable bonds is 6. The largest absolute Gasteiger partial charge is 0.497 e. The number of halogens is 4. The van der Waals surface area contributed by atoms with Crippen molar-refractivity contribution in [3.63, 3.8) is 0 Å². The Balaban J connectivity index is 1.67. The van der Waals surface area contributed by atoms with E-state index in [9.17, 15) is 13.2 Å². The minimum Gasteiger partial charge on any atom is -0.497 e. The van der Waals surface area contributed by atoms with E-state index in [-0.39, 0.29) is 16.2 Å². The maximum Gasteiger partial charge on any atom is 0.417 e. The van der Waals surface area contributed by atoms with Crippen LogP contribution < -0.4 is 4.74 Å². The Morgan fingerprint density at radius 2 is 2.03 bits per heavy atom. The summed E-state index contributed by atoms with van der Waals surface area (Å²) in [5.41, 5.74) is -0.0776. The number of alkyl halides is 3. The van der Waals surface area contributed by atoms with Crippen molar-refractivity contribution in [2.75, 3.05) is 13.7 Å². The van der Waals surface area contributed by atoms with E-state index in [2.05, 4.69) is 15.2 Å². The van der Waals surface area contributed by atoms with Gasteiger partial charge in [-0.3, -0.25) is 4.57 Å². The van der Waals surface area contributed by atoms with Gasteiger partial charge >= 0.3 is 6.18 Å². The maximum atomic E-state index is 12.9. The molecule has 6 nitrogen and oxygen atoms in total. The minimum absolute atomic E-state index is 0.00313. The summed E-state index contributed by atoms with van der Waals surface area (Å²) in [4.78, 5) is 3.90. The predicted molar refractivity (Wildman–Crippen MR) is 109 cm³/mol. The van der Waals surface area contributed by atoms with Crippen LogP contribution in [0.3, 0.4) is 0 Å². The quantitative estimate of drug-likeness (QED) is 0.484. The Morgan fingerprint density at radius 1 is 1.26 bits per heavy atom. The second-order valence-electron chi connectivity index (χ2n) is 6.89. The predicted octanol–water partition coefficient (Wildman–Crippen LogP) is 5.35. The van der Waals surface area contributed by atoms with Gasteiger partial charge in [0.2, 0.25) is 0 Å². The second-order valence-corrected chi connectivity index (χ2v) is 8.25. The van der Waals surface area contributed by atoms with Crippen molar-refractivity contribution >= 4 is 23.4 Å². The van der Waals surface area contributed by atoms with Crippen LogP contribution in [-0.2, 0) is 17.5 Å². The first-order valence-electron chi connectivity index (χ1n) is 9.45. The van der Waals surface area contributed by atoms with Crippen LogP contribution in [0.15, 0.2) is 46.7 Å². The highest BCUT2D eigenvalue weighted by molar-refractivity contribution is 7.99. The summed E-state index contributed by atoms with van der Waals surface area (Å²) in [7, 11) is 1.59. The molecule has 1 aromatic carbocycles. The van der Waals surface area contributed by atoms with Crippen LogP contribution >= 0.6 is 23.4 Å². The summed E-state index contributed by atoms with van der Waals surface area (Å²) in [6.07, 6.45) is -1.87. The summed E-state index contributed by atoms with van der Waals surface area (Å²) in [5, 5.41) is 9.15. The first kappa shape index (κ1) is 21.9. The third-order valence-corrected chi connectivity index (χ3v) is 6.20. The molecule has 1 fully saturated rings. The van der Waals surface area contributed by atoms with E-state index in [0.29, 0.717) is 29.9 Å². The lowest BCUT2D eigenvalue weighted by Crippen LogP contribution is -2.16. The van der Waals surface area contributed by atoms with Gasteiger partial charge in [-0.05, 0) is 54.9 Å². The first-order valence-corrected chi connectivity index (χ1v) is 10.6. The molecule has 11 heteroatoms. The minimum atomic E-state index is -4.51. The summed E-state index contributed by atoms with van der Waals surface area (Å²) < 4.78 is 51.6. The van der Waals surface area contributed by atoms with Gasteiger partial charge in [0, 0.05) is 18.4 Å². The lowest BCUT2D eigenvalue weighted by Gasteiger charge is -2.15. The molecule has 0 bridgehead atoms. The van der Waals surface area contributed by atoms with Crippen LogP contribution in [0.25, 0.3) is 11.4 Å². The fourth-order valence-corrected chi connectivity index (χ4v) is 4.29. The molecule has 1 atom stereocenters. The lowest BCUT2D eigenvalue weighted by atomic mass is 10.2. The van der Waals surface area contributed by atoms with Crippen LogP contribution in [0.2, 0.25) is 5.02 Å². The number of benzene rings is 1. The van der Waals surface area contributed by atoms with Crippen molar-refractivity contribution in [3.8, 4) is 17.1 Å². The molecule has 0 amide bonds. The molecular weight excluding hydrogens is 453 g/mol. The number of pyridine rings is 1. The molecule has 3 heterocycles. The summed E-state index contributed by atoms with van der Waals surface area (Å²) in [5.74, 6) is 1.33. The molecule has 1 aliphatic heterocycles. The van der Waals surface area contributed by atoms with Crippen molar-refractivity contribution in [2.24, 2.45) is 0 Å². The molecule has 31 heavy (non-hydrogen) atoms. The highest BCUT2D eigenvalue weighted by Crippen LogP contribution is 2.37. The third-order valence-electron chi connectivity index (χ3n) is 4.80. The van der Waals surface area contributed by atoms with E-state index >= 15 is 0 Å². The number of hydrogen-bond donors (Lipinski definition) is 0. The van der Waals surface area contributed by atoms with Crippen LogP contribution in [0.5, 0.6) is 5.75 Å². The van der Waals surface area contributed by atoms with Crippen molar-refractivity contribution in [1.29, 1.82) is 0 Å². The average molecular weight is 471 g/mol. The van der Waals surface area contributed by atoms with Crippen LogP contribution in [-0.4, -0.2) is 39.6 Å². The molecule has 2 aromatic heterocycles. The van der Waals surface area contributed by atoms with Crippen molar-refractivity contribution < 1.29 is 22.6 Å². The second kappa shape index (κ2) is 9.05. The van der Waals surface area contributed by atoms with Crippen LogP contribution in [0.1, 0.15) is 18.4 Å². The van der Waals surface area contributed by atoms with Gasteiger partial charge in [0.15, 0.2) is 11.0 Å². The maximum absolute atomic E-state index is 12.9. The van der Waals surface area contributed by atoms with Gasteiger partial charge in [-0.2, -0.15) is 13.2 Å². The van der Waals surface area contributed by atoms with Gasteiger partial charge in [0.05, 0.1) is 30.3 Å². The standard InChI is InChI=1S/C20H18ClF3N4O2S/c1-29-14-6-4-12(5-7-14)17-26-27-19(28(17)11-15-3-2-8-30-15)31-18-16(21)9-13(10-25-18)20(22,23)24/h4-7,9-10,15H,2-3,8,11H2,1H3. The molecule has 3 aromatic rings. The van der Waals surface area contributed by atoms with E-state index < -0.39 is 11.7 Å². The van der Waals surface area contributed by atoms with Gasteiger partial charge in [-0.1, -0.05) is 11.6 Å². The fraction of sp³-hybridized carbons (Fsp3) is 0.350. The Morgan fingerprint density at radius 3 is 2.65 bits per heavy atom. The summed E-state index contributed by atoms with van der Waals surface area (Å²) >= 11 is 7.15. The molecule has 0 aliphatic carbocycles.